The Hall–Kier alpha value is -0.870. The molecule has 1 unspecified atom stereocenters. The molecule has 1 aliphatic heterocycles. The Bertz CT molecular complexity index is 442. The number of carbonyl (C=O) groups excluding carboxylic acids is 1. The van der Waals surface area contributed by atoms with Crippen molar-refractivity contribution in [3.63, 3.8) is 0 Å². The van der Waals surface area contributed by atoms with Crippen LogP contribution >= 0.6 is 15.9 Å². The third kappa shape index (κ3) is 3.80. The van der Waals surface area contributed by atoms with Gasteiger partial charge in [-0.3, -0.25) is 4.79 Å². The van der Waals surface area contributed by atoms with E-state index in [1.165, 1.54) is 0 Å². The van der Waals surface area contributed by atoms with Crippen LogP contribution in [0.1, 0.15) is 36.5 Å². The van der Waals surface area contributed by atoms with Crippen LogP contribution in [-0.4, -0.2) is 25.5 Å². The van der Waals surface area contributed by atoms with Crippen LogP contribution in [0.3, 0.4) is 0 Å². The molecule has 1 aliphatic rings. The third-order valence-electron chi connectivity index (χ3n) is 3.34. The largest absolute Gasteiger partial charge is 0.493 e. The highest BCUT2D eigenvalue weighted by atomic mass is 79.9. The van der Waals surface area contributed by atoms with Crippen molar-refractivity contribution in [3.05, 3.63) is 28.2 Å². The van der Waals surface area contributed by atoms with Gasteiger partial charge in [-0.05, 0) is 44.0 Å². The highest BCUT2D eigenvalue weighted by Crippen LogP contribution is 2.27. The molecule has 1 aromatic carbocycles. The highest BCUT2D eigenvalue weighted by Gasteiger charge is 2.24. The second kappa shape index (κ2) is 7.06. The number of ether oxygens (including phenoxy) is 1. The summed E-state index contributed by atoms with van der Waals surface area (Å²) >= 11 is 3.43. The predicted molar refractivity (Wildman–Crippen MR) is 79.9 cm³/mol. The van der Waals surface area contributed by atoms with E-state index < -0.39 is 0 Å². The minimum Gasteiger partial charge on any atom is -0.493 e. The summed E-state index contributed by atoms with van der Waals surface area (Å²) in [6, 6.07) is 5.67. The number of hydrogen-bond donors (Lipinski definition) is 1. The summed E-state index contributed by atoms with van der Waals surface area (Å²) in [4.78, 5) is 12.6. The highest BCUT2D eigenvalue weighted by molar-refractivity contribution is 9.10. The van der Waals surface area contributed by atoms with Gasteiger partial charge in [-0.1, -0.05) is 22.9 Å². The van der Waals surface area contributed by atoms with Gasteiger partial charge in [0.15, 0.2) is 5.78 Å². The summed E-state index contributed by atoms with van der Waals surface area (Å²) in [5.74, 6) is 0.979. The molecule has 0 spiro atoms. The molecule has 0 bridgehead atoms. The van der Waals surface area contributed by atoms with Crippen molar-refractivity contribution in [1.29, 1.82) is 0 Å². The SMILES string of the molecule is CCCOc1ccc(Br)cc1C(=O)C1CCCNC1. The molecule has 1 fully saturated rings. The van der Waals surface area contributed by atoms with E-state index in [0.29, 0.717) is 17.9 Å². The number of carbonyl (C=O) groups is 1. The number of hydrogen-bond acceptors (Lipinski definition) is 3. The number of benzene rings is 1. The fraction of sp³-hybridized carbons (Fsp3) is 0.533. The van der Waals surface area contributed by atoms with Gasteiger partial charge < -0.3 is 10.1 Å². The van der Waals surface area contributed by atoms with Gasteiger partial charge in [0.05, 0.1) is 12.2 Å². The Morgan fingerprint density at radius 1 is 1.53 bits per heavy atom. The Labute approximate surface area is 122 Å². The maximum absolute atomic E-state index is 12.6. The number of nitrogens with one attached hydrogen (secondary N) is 1. The topological polar surface area (TPSA) is 38.3 Å². The van der Waals surface area contributed by atoms with Gasteiger partial charge in [0.25, 0.3) is 0 Å². The number of piperidine rings is 1. The lowest BCUT2D eigenvalue weighted by molar-refractivity contribution is 0.0895. The molecular formula is C15H20BrNO2. The number of rotatable bonds is 5. The van der Waals surface area contributed by atoms with Crippen LogP contribution in [0.5, 0.6) is 5.75 Å². The molecule has 0 radical (unpaired) electrons. The van der Waals surface area contributed by atoms with E-state index >= 15 is 0 Å². The first-order valence-corrected chi connectivity index (χ1v) is 7.69. The zero-order chi connectivity index (χ0) is 13.7. The quantitative estimate of drug-likeness (QED) is 0.843. The fourth-order valence-electron chi connectivity index (χ4n) is 2.33. The molecule has 3 nitrogen and oxygen atoms in total. The van der Waals surface area contributed by atoms with Crippen LogP contribution < -0.4 is 10.1 Å². The average molecular weight is 326 g/mol. The lowest BCUT2D eigenvalue weighted by Gasteiger charge is -2.22. The van der Waals surface area contributed by atoms with Crippen molar-refractivity contribution in [3.8, 4) is 5.75 Å². The maximum Gasteiger partial charge on any atom is 0.170 e. The zero-order valence-corrected chi connectivity index (χ0v) is 12.8. The molecule has 1 atom stereocenters. The van der Waals surface area contributed by atoms with Crippen LogP contribution in [0.15, 0.2) is 22.7 Å². The fourth-order valence-corrected chi connectivity index (χ4v) is 2.69. The Morgan fingerprint density at radius 2 is 2.37 bits per heavy atom. The average Bonchev–Trinajstić information content (AvgIpc) is 2.46. The van der Waals surface area contributed by atoms with Crippen molar-refractivity contribution in [2.45, 2.75) is 26.2 Å². The predicted octanol–water partition coefficient (Wildman–Crippen LogP) is 3.42. The summed E-state index contributed by atoms with van der Waals surface area (Å²) in [6.45, 7) is 4.50. The van der Waals surface area contributed by atoms with Gasteiger partial charge in [0.2, 0.25) is 0 Å². The van der Waals surface area contributed by atoms with Crippen LogP contribution in [0.2, 0.25) is 0 Å². The van der Waals surface area contributed by atoms with Crippen molar-refractivity contribution in [2.24, 2.45) is 5.92 Å². The summed E-state index contributed by atoms with van der Waals surface area (Å²) < 4.78 is 6.61. The molecule has 0 saturated carbocycles. The Kier molecular flexibility index (Phi) is 5.40. The van der Waals surface area contributed by atoms with E-state index in [4.69, 9.17) is 4.74 Å². The molecule has 2 rings (SSSR count). The minimum absolute atomic E-state index is 0.0760. The molecule has 1 N–H and O–H groups in total. The molecule has 0 aliphatic carbocycles. The van der Waals surface area contributed by atoms with Crippen molar-refractivity contribution < 1.29 is 9.53 Å². The second-order valence-electron chi connectivity index (χ2n) is 4.90. The summed E-state index contributed by atoms with van der Waals surface area (Å²) in [5, 5.41) is 3.29. The first-order valence-electron chi connectivity index (χ1n) is 6.89. The van der Waals surface area contributed by atoms with Crippen LogP contribution in [-0.2, 0) is 0 Å². The number of ketones is 1. The summed E-state index contributed by atoms with van der Waals surface area (Å²) in [7, 11) is 0. The Morgan fingerprint density at radius 3 is 3.05 bits per heavy atom. The van der Waals surface area contributed by atoms with Gasteiger partial charge in [0, 0.05) is 16.9 Å². The lowest BCUT2D eigenvalue weighted by Crippen LogP contribution is -2.34. The van der Waals surface area contributed by atoms with Gasteiger partial charge >= 0.3 is 0 Å². The molecule has 19 heavy (non-hydrogen) atoms. The minimum atomic E-state index is 0.0760. The normalized spacial score (nSPS) is 19.2. The number of halogens is 1. The lowest BCUT2D eigenvalue weighted by atomic mass is 9.90. The van der Waals surface area contributed by atoms with Gasteiger partial charge in [-0.15, -0.1) is 0 Å². The maximum atomic E-state index is 12.6. The van der Waals surface area contributed by atoms with Crippen molar-refractivity contribution >= 4 is 21.7 Å². The molecule has 1 aromatic rings. The van der Waals surface area contributed by atoms with Crippen LogP contribution in [0, 0.1) is 5.92 Å². The molecule has 1 saturated heterocycles. The Balaban J connectivity index is 2.20. The molecule has 104 valence electrons. The monoisotopic (exact) mass is 325 g/mol. The van der Waals surface area contributed by atoms with Gasteiger partial charge in [-0.25, -0.2) is 0 Å². The van der Waals surface area contributed by atoms with E-state index in [2.05, 4.69) is 28.2 Å². The molecule has 0 amide bonds. The third-order valence-corrected chi connectivity index (χ3v) is 3.83. The first kappa shape index (κ1) is 14.5. The smallest absolute Gasteiger partial charge is 0.170 e. The van der Waals surface area contributed by atoms with Gasteiger partial charge in [0.1, 0.15) is 5.75 Å². The summed E-state index contributed by atoms with van der Waals surface area (Å²) in [6.07, 6.45) is 2.97. The van der Waals surface area contributed by atoms with E-state index in [1.54, 1.807) is 0 Å². The molecule has 0 aromatic heterocycles. The molecular weight excluding hydrogens is 306 g/mol. The van der Waals surface area contributed by atoms with Crippen molar-refractivity contribution in [1.82, 2.24) is 5.32 Å². The second-order valence-corrected chi connectivity index (χ2v) is 5.81. The van der Waals surface area contributed by atoms with E-state index in [1.807, 2.05) is 18.2 Å². The molecule has 1 heterocycles. The zero-order valence-electron chi connectivity index (χ0n) is 11.2. The van der Waals surface area contributed by atoms with Crippen LogP contribution in [0.25, 0.3) is 0 Å². The number of Topliss-reactive ketones (excluding diaryl/α,β-unsaturated/α-hetero) is 1. The van der Waals surface area contributed by atoms with E-state index in [-0.39, 0.29) is 11.7 Å². The van der Waals surface area contributed by atoms with E-state index in [9.17, 15) is 4.79 Å². The van der Waals surface area contributed by atoms with Crippen LogP contribution in [0.4, 0.5) is 0 Å². The standard InChI is InChI=1S/C15H20BrNO2/c1-2-8-19-14-6-5-12(16)9-13(14)15(18)11-4-3-7-17-10-11/h5-6,9,11,17H,2-4,7-8,10H2,1H3. The summed E-state index contributed by atoms with van der Waals surface area (Å²) in [5.41, 5.74) is 0.705. The molecule has 4 heteroatoms. The van der Waals surface area contributed by atoms with Crippen molar-refractivity contribution in [2.75, 3.05) is 19.7 Å². The van der Waals surface area contributed by atoms with Gasteiger partial charge in [-0.2, -0.15) is 0 Å². The first-order chi connectivity index (χ1) is 9.22. The van der Waals surface area contributed by atoms with E-state index in [0.717, 1.165) is 36.8 Å².